The molecule has 1 N–H and O–H groups in total. The second-order valence-corrected chi connectivity index (χ2v) is 6.10. The molecular formula is C16H23NO2. The van der Waals surface area contributed by atoms with Gasteiger partial charge in [-0.2, -0.15) is 0 Å². The van der Waals surface area contributed by atoms with Crippen LogP contribution in [0.5, 0.6) is 0 Å². The Balaban J connectivity index is 2.80. The highest BCUT2D eigenvalue weighted by molar-refractivity contribution is 5.85. The van der Waals surface area contributed by atoms with Crippen LogP contribution in [0.15, 0.2) is 30.3 Å². The van der Waals surface area contributed by atoms with Crippen molar-refractivity contribution in [3.63, 3.8) is 0 Å². The quantitative estimate of drug-likeness (QED) is 0.827. The van der Waals surface area contributed by atoms with Crippen LogP contribution in [-0.4, -0.2) is 29.6 Å². The molecular weight excluding hydrogens is 238 g/mol. The van der Waals surface area contributed by atoms with Gasteiger partial charge in [-0.05, 0) is 29.7 Å². The van der Waals surface area contributed by atoms with Crippen LogP contribution >= 0.6 is 0 Å². The fourth-order valence-electron chi connectivity index (χ4n) is 2.16. The van der Waals surface area contributed by atoms with Gasteiger partial charge < -0.3 is 10.0 Å². The van der Waals surface area contributed by atoms with Crippen LogP contribution in [0.25, 0.3) is 6.08 Å². The highest BCUT2D eigenvalue weighted by atomic mass is 16.4. The van der Waals surface area contributed by atoms with Crippen molar-refractivity contribution in [2.24, 2.45) is 5.41 Å². The Morgan fingerprint density at radius 1 is 1.32 bits per heavy atom. The zero-order chi connectivity index (χ0) is 14.5. The van der Waals surface area contributed by atoms with Crippen LogP contribution in [0.1, 0.15) is 31.9 Å². The zero-order valence-electron chi connectivity index (χ0n) is 12.2. The van der Waals surface area contributed by atoms with Gasteiger partial charge in [0.05, 0.1) is 0 Å². The lowest BCUT2D eigenvalue weighted by molar-refractivity contribution is -0.131. The summed E-state index contributed by atoms with van der Waals surface area (Å²) in [6.07, 6.45) is 2.84. The van der Waals surface area contributed by atoms with E-state index in [0.717, 1.165) is 24.2 Å². The molecule has 0 spiro atoms. The van der Waals surface area contributed by atoms with Crippen LogP contribution in [0.4, 0.5) is 0 Å². The Morgan fingerprint density at radius 2 is 1.95 bits per heavy atom. The minimum absolute atomic E-state index is 0.251. The highest BCUT2D eigenvalue weighted by Gasteiger charge is 2.14. The normalized spacial score (nSPS) is 12.3. The summed E-state index contributed by atoms with van der Waals surface area (Å²) in [4.78, 5) is 12.9. The first-order valence-corrected chi connectivity index (χ1v) is 6.45. The highest BCUT2D eigenvalue weighted by Crippen LogP contribution is 2.18. The Labute approximate surface area is 115 Å². The molecule has 0 radical (unpaired) electrons. The molecule has 19 heavy (non-hydrogen) atoms. The summed E-state index contributed by atoms with van der Waals surface area (Å²) in [6, 6.07) is 7.90. The van der Waals surface area contributed by atoms with Gasteiger partial charge in [0.25, 0.3) is 0 Å². The molecule has 0 saturated carbocycles. The second-order valence-electron chi connectivity index (χ2n) is 6.10. The maximum atomic E-state index is 10.6. The molecule has 0 unspecified atom stereocenters. The Morgan fingerprint density at radius 3 is 2.53 bits per heavy atom. The van der Waals surface area contributed by atoms with Crippen molar-refractivity contribution in [3.05, 3.63) is 41.5 Å². The lowest BCUT2D eigenvalue weighted by atomic mass is 9.96. The number of carbonyl (C=O) groups is 1. The average molecular weight is 261 g/mol. The largest absolute Gasteiger partial charge is 0.478 e. The first-order valence-electron chi connectivity index (χ1n) is 6.45. The standard InChI is InChI=1S/C16H23NO2/c1-16(2,3)12-17(4)11-14-8-6-5-7-13(14)9-10-15(18)19/h5-10H,11-12H2,1-4H3,(H,18,19)/b10-9+. The van der Waals surface area contributed by atoms with E-state index in [1.807, 2.05) is 24.3 Å². The third-order valence-corrected chi connectivity index (χ3v) is 2.65. The van der Waals surface area contributed by atoms with Gasteiger partial charge in [-0.15, -0.1) is 0 Å². The number of benzene rings is 1. The summed E-state index contributed by atoms with van der Waals surface area (Å²) >= 11 is 0. The molecule has 0 saturated heterocycles. The minimum Gasteiger partial charge on any atom is -0.478 e. The third kappa shape index (κ3) is 6.20. The molecule has 0 atom stereocenters. The summed E-state index contributed by atoms with van der Waals surface area (Å²) in [5, 5.41) is 8.70. The number of aliphatic carboxylic acids is 1. The molecule has 0 heterocycles. The van der Waals surface area contributed by atoms with Gasteiger partial charge in [0.1, 0.15) is 0 Å². The summed E-state index contributed by atoms with van der Waals surface area (Å²) in [5.74, 6) is -0.919. The van der Waals surface area contributed by atoms with E-state index in [1.165, 1.54) is 6.08 Å². The number of hydrogen-bond acceptors (Lipinski definition) is 2. The smallest absolute Gasteiger partial charge is 0.328 e. The second kappa shape index (κ2) is 6.53. The number of rotatable bonds is 5. The van der Waals surface area contributed by atoms with Crippen LogP contribution in [0.2, 0.25) is 0 Å². The van der Waals surface area contributed by atoms with Crippen molar-refractivity contribution in [1.82, 2.24) is 4.90 Å². The van der Waals surface area contributed by atoms with Crippen molar-refractivity contribution in [3.8, 4) is 0 Å². The van der Waals surface area contributed by atoms with Gasteiger partial charge in [-0.25, -0.2) is 4.79 Å². The van der Waals surface area contributed by atoms with Gasteiger partial charge in [-0.3, -0.25) is 0 Å². The maximum Gasteiger partial charge on any atom is 0.328 e. The topological polar surface area (TPSA) is 40.5 Å². The molecule has 0 aromatic heterocycles. The molecule has 0 bridgehead atoms. The summed E-state index contributed by atoms with van der Waals surface area (Å²) in [5.41, 5.74) is 2.36. The van der Waals surface area contributed by atoms with E-state index in [1.54, 1.807) is 6.08 Å². The van der Waals surface area contributed by atoms with Crippen LogP contribution < -0.4 is 0 Å². The predicted molar refractivity (Wildman–Crippen MR) is 78.9 cm³/mol. The maximum absolute atomic E-state index is 10.6. The van der Waals surface area contributed by atoms with E-state index < -0.39 is 5.97 Å². The fraction of sp³-hybridized carbons (Fsp3) is 0.438. The predicted octanol–water partition coefficient (Wildman–Crippen LogP) is 3.26. The molecule has 0 amide bonds. The number of nitrogens with zero attached hydrogens (tertiary/aromatic N) is 1. The van der Waals surface area contributed by atoms with Crippen LogP contribution in [0, 0.1) is 5.41 Å². The molecule has 1 rings (SSSR count). The van der Waals surface area contributed by atoms with Gasteiger partial charge in [0.15, 0.2) is 0 Å². The fourth-order valence-corrected chi connectivity index (χ4v) is 2.16. The number of carboxylic acids is 1. The lowest BCUT2D eigenvalue weighted by Crippen LogP contribution is -2.29. The average Bonchev–Trinajstić information content (AvgIpc) is 2.25. The first kappa shape index (κ1) is 15.4. The molecule has 1 aromatic rings. The Bertz CT molecular complexity index is 458. The molecule has 1 aromatic carbocycles. The Kier molecular flexibility index (Phi) is 5.31. The van der Waals surface area contributed by atoms with Crippen LogP contribution in [0.3, 0.4) is 0 Å². The minimum atomic E-state index is -0.919. The van der Waals surface area contributed by atoms with Crippen molar-refractivity contribution < 1.29 is 9.90 Å². The molecule has 0 fully saturated rings. The van der Waals surface area contributed by atoms with Gasteiger partial charge >= 0.3 is 5.97 Å². The molecule has 3 heteroatoms. The van der Waals surface area contributed by atoms with Crippen molar-refractivity contribution >= 4 is 12.0 Å². The first-order chi connectivity index (χ1) is 8.78. The number of hydrogen-bond donors (Lipinski definition) is 1. The molecule has 3 nitrogen and oxygen atoms in total. The van der Waals surface area contributed by atoms with Crippen LogP contribution in [-0.2, 0) is 11.3 Å². The monoisotopic (exact) mass is 261 g/mol. The zero-order valence-corrected chi connectivity index (χ0v) is 12.2. The molecule has 104 valence electrons. The van der Waals surface area contributed by atoms with E-state index in [0.29, 0.717) is 0 Å². The van der Waals surface area contributed by atoms with E-state index in [-0.39, 0.29) is 5.41 Å². The van der Waals surface area contributed by atoms with E-state index in [2.05, 4.69) is 32.7 Å². The summed E-state index contributed by atoms with van der Waals surface area (Å²) < 4.78 is 0. The summed E-state index contributed by atoms with van der Waals surface area (Å²) in [7, 11) is 2.09. The number of carboxylic acid groups (broad SMARTS) is 1. The van der Waals surface area contributed by atoms with Crippen molar-refractivity contribution in [1.29, 1.82) is 0 Å². The van der Waals surface area contributed by atoms with Gasteiger partial charge in [0, 0.05) is 19.2 Å². The lowest BCUT2D eigenvalue weighted by Gasteiger charge is -2.27. The van der Waals surface area contributed by atoms with E-state index in [9.17, 15) is 4.79 Å². The summed E-state index contributed by atoms with van der Waals surface area (Å²) in [6.45, 7) is 8.43. The molecule has 0 aliphatic rings. The molecule has 0 aliphatic heterocycles. The Hall–Kier alpha value is -1.61. The molecule has 0 aliphatic carbocycles. The van der Waals surface area contributed by atoms with E-state index >= 15 is 0 Å². The van der Waals surface area contributed by atoms with E-state index in [4.69, 9.17) is 5.11 Å². The van der Waals surface area contributed by atoms with Crippen molar-refractivity contribution in [2.75, 3.05) is 13.6 Å². The van der Waals surface area contributed by atoms with Gasteiger partial charge in [0.2, 0.25) is 0 Å². The van der Waals surface area contributed by atoms with Crippen molar-refractivity contribution in [2.45, 2.75) is 27.3 Å². The third-order valence-electron chi connectivity index (χ3n) is 2.65. The SMILES string of the molecule is CN(Cc1ccccc1/C=C/C(=O)O)CC(C)(C)C. The van der Waals surface area contributed by atoms with Gasteiger partial charge in [-0.1, -0.05) is 45.0 Å².